The van der Waals surface area contributed by atoms with Crippen molar-refractivity contribution in [2.24, 2.45) is 0 Å². The number of nitrogens with zero attached hydrogens (tertiary/aromatic N) is 2. The van der Waals surface area contributed by atoms with Crippen LogP contribution in [0.1, 0.15) is 11.3 Å². The minimum atomic E-state index is -0.00896. The van der Waals surface area contributed by atoms with Crippen molar-refractivity contribution in [2.75, 3.05) is 4.90 Å². The molecule has 1 aliphatic rings. The molecule has 270 valence electrons. The summed E-state index contributed by atoms with van der Waals surface area (Å²) in [5, 5.41) is 12.3. The second kappa shape index (κ2) is 12.6. The van der Waals surface area contributed by atoms with Crippen LogP contribution >= 0.6 is 0 Å². The van der Waals surface area contributed by atoms with Crippen molar-refractivity contribution in [3.63, 3.8) is 0 Å². The molecule has 10 aromatic rings. The average Bonchev–Trinajstić information content (AvgIpc) is 3.91. The first-order valence-corrected chi connectivity index (χ1v) is 19.5. The first-order valence-electron chi connectivity index (χ1n) is 19.5. The third kappa shape index (κ3) is 4.92. The monoisotopic (exact) mass is 730 g/mol. The van der Waals surface area contributed by atoms with Crippen LogP contribution in [0.15, 0.2) is 169 Å². The Bertz CT molecular complexity index is 3580. The number of aromatic nitrogens is 1. The Kier molecular flexibility index (Phi) is 7.29. The molecular weight excluding hydrogens is 693 g/mol. The zero-order valence-corrected chi connectivity index (χ0v) is 31.5. The molecule has 3 heterocycles. The summed E-state index contributed by atoms with van der Waals surface area (Å²) in [6.45, 7) is 17.7. The van der Waals surface area contributed by atoms with Crippen LogP contribution in [0.4, 0.5) is 5.69 Å². The summed E-state index contributed by atoms with van der Waals surface area (Å²) in [5.41, 5.74) is 10.2. The molecule has 7 aromatic carbocycles. The molecule has 0 saturated heterocycles. The van der Waals surface area contributed by atoms with E-state index >= 15 is 0 Å². The maximum Gasteiger partial charge on any atom is 0.135 e. The number of hydrogen-bond donors (Lipinski definition) is 0. The Balaban J connectivity index is 1.04. The van der Waals surface area contributed by atoms with Gasteiger partial charge in [-0.1, -0.05) is 142 Å². The molecule has 11 rings (SSSR count). The molecule has 0 bridgehead atoms. The van der Waals surface area contributed by atoms with Crippen LogP contribution < -0.4 is 25.8 Å². The third-order valence-corrected chi connectivity index (χ3v) is 12.1. The van der Waals surface area contributed by atoms with Crippen molar-refractivity contribution in [3.8, 4) is 11.1 Å². The molecule has 0 N–H and O–H groups in total. The van der Waals surface area contributed by atoms with Gasteiger partial charge in [0.05, 0.1) is 22.6 Å². The quantitative estimate of drug-likeness (QED) is 0.170. The van der Waals surface area contributed by atoms with Crippen molar-refractivity contribution >= 4 is 96.9 Å². The van der Waals surface area contributed by atoms with Crippen molar-refractivity contribution in [2.45, 2.75) is 12.5 Å². The van der Waals surface area contributed by atoms with E-state index in [4.69, 9.17) is 11.0 Å². The van der Waals surface area contributed by atoms with Gasteiger partial charge in [0.2, 0.25) is 0 Å². The highest BCUT2D eigenvalue weighted by molar-refractivity contribution is 6.23. The average molecular weight is 731 g/mol. The molecule has 3 nitrogen and oxygen atoms in total. The number of benzene rings is 7. The minimum Gasteiger partial charge on any atom is -0.456 e. The topological polar surface area (TPSA) is 20.8 Å². The van der Waals surface area contributed by atoms with E-state index in [0.29, 0.717) is 0 Å². The Labute approximate surface area is 329 Å². The largest absolute Gasteiger partial charge is 0.456 e. The molecule has 0 fully saturated rings. The van der Waals surface area contributed by atoms with Gasteiger partial charge in [0.15, 0.2) is 0 Å². The molecule has 3 heteroatoms. The summed E-state index contributed by atoms with van der Waals surface area (Å²) in [7, 11) is 0. The highest BCUT2D eigenvalue weighted by Crippen LogP contribution is 2.41. The summed E-state index contributed by atoms with van der Waals surface area (Å²) < 4.78 is 8.71. The fourth-order valence-electron chi connectivity index (χ4n) is 9.43. The zero-order chi connectivity index (χ0) is 38.4. The lowest BCUT2D eigenvalue weighted by atomic mass is 9.94. The lowest BCUT2D eigenvalue weighted by Crippen LogP contribution is -2.47. The number of rotatable bonds is 6. The van der Waals surface area contributed by atoms with Crippen LogP contribution in [0.25, 0.3) is 102 Å². The third-order valence-electron chi connectivity index (χ3n) is 12.1. The van der Waals surface area contributed by atoms with Crippen LogP contribution in [0.2, 0.25) is 0 Å². The first-order chi connectivity index (χ1) is 28.0. The lowest BCUT2D eigenvalue weighted by molar-refractivity contribution is 0.589. The minimum absolute atomic E-state index is 0.00896. The second-order valence-electron chi connectivity index (χ2n) is 15.1. The van der Waals surface area contributed by atoms with E-state index in [1.165, 1.54) is 49.2 Å². The maximum absolute atomic E-state index is 6.28. The summed E-state index contributed by atoms with van der Waals surface area (Å²) in [6, 6.07) is 48.0. The normalized spacial score (nSPS) is 14.8. The summed E-state index contributed by atoms with van der Waals surface area (Å²) in [4.78, 5) is 2.35. The Morgan fingerprint density at radius 2 is 1.28 bits per heavy atom. The molecule has 3 aromatic heterocycles. The molecule has 1 unspecified atom stereocenters. The molecule has 0 spiro atoms. The van der Waals surface area contributed by atoms with Gasteiger partial charge in [-0.05, 0) is 91.3 Å². The van der Waals surface area contributed by atoms with Crippen LogP contribution in [0.5, 0.6) is 0 Å². The number of anilines is 1. The Morgan fingerprint density at radius 3 is 2.07 bits per heavy atom. The maximum atomic E-state index is 6.28. The first kappa shape index (κ1) is 33.0. The van der Waals surface area contributed by atoms with Gasteiger partial charge in [0, 0.05) is 50.3 Å². The van der Waals surface area contributed by atoms with Gasteiger partial charge < -0.3 is 13.7 Å². The van der Waals surface area contributed by atoms with Crippen molar-refractivity contribution in [3.05, 3.63) is 197 Å². The number of para-hydroxylation sites is 3. The van der Waals surface area contributed by atoms with E-state index in [2.05, 4.69) is 169 Å². The molecular formula is C54H38N2O. The van der Waals surface area contributed by atoms with Crippen LogP contribution in [0.3, 0.4) is 0 Å². The summed E-state index contributed by atoms with van der Waals surface area (Å²) >= 11 is 0. The predicted octanol–water partition coefficient (Wildman–Crippen LogP) is 10.6. The standard InChI is InChI=1S/C54H38N2O/c1-5-13-40-34(3)35(4)47(42-15-7-6-14-41(40)42)30-33(2)55(39-27-29-53-49(32-39)44-17-9-11-21-52(44)57-53)38-25-22-36(23-26-38)37-24-28-51-48(31-37)46-19-12-18-45-43-16-8-10-20-50(43)56(51)54(45)46/h5-31,39H,1-4,32H2. The van der Waals surface area contributed by atoms with E-state index in [0.717, 1.165) is 71.7 Å². The fourth-order valence-corrected chi connectivity index (χ4v) is 9.43. The van der Waals surface area contributed by atoms with E-state index in [9.17, 15) is 0 Å². The number of hydrogen-bond acceptors (Lipinski definition) is 2. The number of furan rings is 1. The predicted molar refractivity (Wildman–Crippen MR) is 244 cm³/mol. The zero-order valence-electron chi connectivity index (χ0n) is 31.5. The van der Waals surface area contributed by atoms with Crippen molar-refractivity contribution in [1.29, 1.82) is 0 Å². The summed E-state index contributed by atoms with van der Waals surface area (Å²) in [6.07, 6.45) is 11.2. The van der Waals surface area contributed by atoms with Gasteiger partial charge in [-0.3, -0.25) is 0 Å². The van der Waals surface area contributed by atoms with Gasteiger partial charge >= 0.3 is 0 Å². The van der Waals surface area contributed by atoms with E-state index < -0.39 is 0 Å². The van der Waals surface area contributed by atoms with Crippen molar-refractivity contribution < 1.29 is 4.42 Å². The lowest BCUT2D eigenvalue weighted by Gasteiger charge is -2.34. The van der Waals surface area contributed by atoms with E-state index in [1.54, 1.807) is 0 Å². The van der Waals surface area contributed by atoms with Crippen molar-refractivity contribution in [1.82, 2.24) is 4.40 Å². The smallest absolute Gasteiger partial charge is 0.135 e. The van der Waals surface area contributed by atoms with Gasteiger partial charge in [-0.2, -0.15) is 0 Å². The molecule has 0 aliphatic heterocycles. The fraction of sp³-hybridized carbons (Fsp3) is 0.0370. The second-order valence-corrected chi connectivity index (χ2v) is 15.1. The van der Waals surface area contributed by atoms with Crippen LogP contribution in [-0.2, 0) is 6.42 Å². The van der Waals surface area contributed by atoms with Crippen LogP contribution in [-0.4, -0.2) is 10.4 Å². The van der Waals surface area contributed by atoms with Crippen LogP contribution in [0, 0.1) is 0 Å². The van der Waals surface area contributed by atoms with Gasteiger partial charge in [0.1, 0.15) is 11.3 Å². The van der Waals surface area contributed by atoms with Gasteiger partial charge in [-0.25, -0.2) is 0 Å². The van der Waals surface area contributed by atoms with E-state index in [1.807, 2.05) is 24.3 Å². The Morgan fingerprint density at radius 1 is 0.649 bits per heavy atom. The molecule has 0 saturated carbocycles. The number of allylic oxidation sites excluding steroid dienone is 2. The highest BCUT2D eigenvalue weighted by Gasteiger charge is 2.26. The molecule has 0 amide bonds. The number of fused-ring (bicyclic) bond motifs is 10. The molecule has 1 aliphatic carbocycles. The Hall–Kier alpha value is -7.36. The van der Waals surface area contributed by atoms with E-state index in [-0.39, 0.29) is 6.04 Å². The molecule has 0 radical (unpaired) electrons. The molecule has 1 atom stereocenters. The van der Waals surface area contributed by atoms with Gasteiger partial charge in [-0.15, -0.1) is 0 Å². The summed E-state index contributed by atoms with van der Waals surface area (Å²) in [5.74, 6) is 0.922. The SMILES string of the molecule is C=CC=c1c(=C)c(=C)c(=CC(=C)N(c2ccc(-c3ccc4c(c3)c3cccc5c6ccccc6n4c53)cc2)C2C=Cc3oc4ccccc4c3C2)c2ccccc12. The highest BCUT2D eigenvalue weighted by atomic mass is 16.3. The van der Waals surface area contributed by atoms with Gasteiger partial charge in [0.25, 0.3) is 0 Å². The molecule has 57 heavy (non-hydrogen) atoms.